The number of fused-ring (bicyclic) bond motifs is 1. The summed E-state index contributed by atoms with van der Waals surface area (Å²) in [4.78, 5) is 18.1. The first-order chi connectivity index (χ1) is 10.7. The van der Waals surface area contributed by atoms with E-state index in [2.05, 4.69) is 10.3 Å². The highest BCUT2D eigenvalue weighted by atomic mass is 16.5. The van der Waals surface area contributed by atoms with Crippen LogP contribution < -0.4 is 10.2 Å². The molecule has 1 aliphatic rings. The van der Waals surface area contributed by atoms with Crippen LogP contribution in [0.1, 0.15) is 24.9 Å². The van der Waals surface area contributed by atoms with Crippen LogP contribution in [0.2, 0.25) is 0 Å². The summed E-state index contributed by atoms with van der Waals surface area (Å²) in [5, 5.41) is 3.46. The molecule has 1 aromatic carbocycles. The molecule has 0 fully saturated rings. The first-order valence-electron chi connectivity index (χ1n) is 7.34. The SMILES string of the molecule is COC(=O)N1c2ccccc2C(Nc2ccccn2)C[C@H]1C. The fourth-order valence-electron chi connectivity index (χ4n) is 2.95. The number of pyridine rings is 1. The first kappa shape index (κ1) is 14.4. The van der Waals surface area contributed by atoms with Gasteiger partial charge in [-0.2, -0.15) is 0 Å². The Labute approximate surface area is 129 Å². The van der Waals surface area contributed by atoms with Crippen molar-refractivity contribution in [3.05, 3.63) is 54.2 Å². The smallest absolute Gasteiger partial charge is 0.414 e. The van der Waals surface area contributed by atoms with Gasteiger partial charge in [0.25, 0.3) is 0 Å². The zero-order valence-electron chi connectivity index (χ0n) is 12.7. The van der Waals surface area contributed by atoms with E-state index in [0.29, 0.717) is 0 Å². The Balaban J connectivity index is 1.95. The number of carbonyl (C=O) groups is 1. The van der Waals surface area contributed by atoms with E-state index in [4.69, 9.17) is 4.74 Å². The van der Waals surface area contributed by atoms with Gasteiger partial charge in [-0.05, 0) is 37.1 Å². The van der Waals surface area contributed by atoms with Crippen molar-refractivity contribution in [3.8, 4) is 0 Å². The molecule has 0 bridgehead atoms. The monoisotopic (exact) mass is 297 g/mol. The number of carbonyl (C=O) groups excluding carboxylic acids is 1. The van der Waals surface area contributed by atoms with Crippen molar-refractivity contribution in [2.45, 2.75) is 25.4 Å². The number of aromatic nitrogens is 1. The predicted octanol–water partition coefficient (Wildman–Crippen LogP) is 3.60. The highest BCUT2D eigenvalue weighted by molar-refractivity contribution is 5.90. The largest absolute Gasteiger partial charge is 0.452 e. The standard InChI is InChI=1S/C17H19N3O2/c1-12-11-14(19-16-9-5-6-10-18-16)13-7-3-4-8-15(13)20(12)17(21)22-2/h3-10,12,14H,11H2,1-2H3,(H,18,19)/t12-,14?/m1/s1. The van der Waals surface area contributed by atoms with Crippen LogP contribution in [0.4, 0.5) is 16.3 Å². The van der Waals surface area contributed by atoms with Crippen molar-refractivity contribution >= 4 is 17.6 Å². The normalized spacial score (nSPS) is 20.2. The minimum absolute atomic E-state index is 0.0450. The summed E-state index contributed by atoms with van der Waals surface area (Å²) < 4.78 is 4.92. The van der Waals surface area contributed by atoms with Crippen LogP contribution in [0, 0.1) is 0 Å². The van der Waals surface area contributed by atoms with E-state index in [1.54, 1.807) is 11.1 Å². The number of ether oxygens (including phenoxy) is 1. The van der Waals surface area contributed by atoms with Crippen LogP contribution in [-0.2, 0) is 4.74 Å². The minimum atomic E-state index is -0.323. The van der Waals surface area contributed by atoms with E-state index in [0.717, 1.165) is 23.5 Å². The maximum Gasteiger partial charge on any atom is 0.414 e. The first-order valence-corrected chi connectivity index (χ1v) is 7.34. The molecule has 1 amide bonds. The van der Waals surface area contributed by atoms with Gasteiger partial charge in [0.2, 0.25) is 0 Å². The van der Waals surface area contributed by atoms with Gasteiger partial charge in [-0.15, -0.1) is 0 Å². The second kappa shape index (κ2) is 6.05. The molecular formula is C17H19N3O2. The van der Waals surface area contributed by atoms with E-state index in [1.165, 1.54) is 7.11 Å². The number of rotatable bonds is 2. The molecule has 0 radical (unpaired) electrons. The topological polar surface area (TPSA) is 54.5 Å². The van der Waals surface area contributed by atoms with Gasteiger partial charge in [-0.1, -0.05) is 24.3 Å². The lowest BCUT2D eigenvalue weighted by molar-refractivity contribution is 0.175. The van der Waals surface area contributed by atoms with E-state index in [1.807, 2.05) is 49.4 Å². The third kappa shape index (κ3) is 2.62. The zero-order valence-corrected chi connectivity index (χ0v) is 12.7. The second-order valence-corrected chi connectivity index (χ2v) is 5.40. The maximum absolute atomic E-state index is 12.1. The number of benzene rings is 1. The quantitative estimate of drug-likeness (QED) is 0.920. The van der Waals surface area contributed by atoms with Crippen LogP contribution in [0.3, 0.4) is 0 Å². The Morgan fingerprint density at radius 2 is 2.05 bits per heavy atom. The predicted molar refractivity (Wildman–Crippen MR) is 86.0 cm³/mol. The average molecular weight is 297 g/mol. The van der Waals surface area contributed by atoms with Crippen LogP contribution in [0.15, 0.2) is 48.7 Å². The molecule has 0 saturated carbocycles. The molecule has 0 aliphatic carbocycles. The molecule has 22 heavy (non-hydrogen) atoms. The molecule has 2 atom stereocenters. The van der Waals surface area contributed by atoms with E-state index in [-0.39, 0.29) is 18.2 Å². The van der Waals surface area contributed by atoms with Gasteiger partial charge in [0.15, 0.2) is 0 Å². The summed E-state index contributed by atoms with van der Waals surface area (Å²) in [7, 11) is 1.41. The second-order valence-electron chi connectivity index (χ2n) is 5.40. The third-order valence-electron chi connectivity index (χ3n) is 3.95. The van der Waals surface area contributed by atoms with Crippen molar-refractivity contribution in [1.82, 2.24) is 4.98 Å². The van der Waals surface area contributed by atoms with Crippen molar-refractivity contribution in [1.29, 1.82) is 0 Å². The highest BCUT2D eigenvalue weighted by Gasteiger charge is 2.34. The molecule has 5 heteroatoms. The molecule has 2 heterocycles. The molecule has 2 aromatic rings. The van der Waals surface area contributed by atoms with Gasteiger partial charge in [-0.25, -0.2) is 9.78 Å². The fourth-order valence-corrected chi connectivity index (χ4v) is 2.95. The number of nitrogens with one attached hydrogen (secondary N) is 1. The Bertz CT molecular complexity index is 660. The molecule has 5 nitrogen and oxygen atoms in total. The van der Waals surface area contributed by atoms with E-state index >= 15 is 0 Å². The van der Waals surface area contributed by atoms with Gasteiger partial charge in [-0.3, -0.25) is 4.90 Å². The van der Waals surface area contributed by atoms with Crippen LogP contribution in [0.5, 0.6) is 0 Å². The molecule has 1 N–H and O–H groups in total. The molecule has 1 unspecified atom stereocenters. The molecule has 0 saturated heterocycles. The number of para-hydroxylation sites is 1. The molecule has 114 valence electrons. The summed E-state index contributed by atoms with van der Waals surface area (Å²) in [6.07, 6.45) is 2.24. The van der Waals surface area contributed by atoms with Gasteiger partial charge >= 0.3 is 6.09 Å². The summed E-state index contributed by atoms with van der Waals surface area (Å²) in [6, 6.07) is 13.9. The molecule has 1 aromatic heterocycles. The Hall–Kier alpha value is -2.56. The van der Waals surface area contributed by atoms with E-state index in [9.17, 15) is 4.79 Å². The summed E-state index contributed by atoms with van der Waals surface area (Å²) in [5.74, 6) is 0.834. The highest BCUT2D eigenvalue weighted by Crippen LogP contribution is 2.38. The molecule has 0 spiro atoms. The summed E-state index contributed by atoms with van der Waals surface area (Å²) in [6.45, 7) is 2.03. The summed E-state index contributed by atoms with van der Waals surface area (Å²) >= 11 is 0. The summed E-state index contributed by atoms with van der Waals surface area (Å²) in [5.41, 5.74) is 1.97. The lowest BCUT2D eigenvalue weighted by Crippen LogP contribution is -2.44. The maximum atomic E-state index is 12.1. The van der Waals surface area contributed by atoms with Crippen molar-refractivity contribution in [2.75, 3.05) is 17.3 Å². The van der Waals surface area contributed by atoms with Crippen molar-refractivity contribution in [3.63, 3.8) is 0 Å². The third-order valence-corrected chi connectivity index (χ3v) is 3.95. The zero-order chi connectivity index (χ0) is 15.5. The fraction of sp³-hybridized carbons (Fsp3) is 0.294. The number of hydrogen-bond donors (Lipinski definition) is 1. The number of anilines is 2. The molecule has 1 aliphatic heterocycles. The van der Waals surface area contributed by atoms with Crippen LogP contribution in [0.25, 0.3) is 0 Å². The number of nitrogens with zero attached hydrogens (tertiary/aromatic N) is 2. The van der Waals surface area contributed by atoms with Crippen molar-refractivity contribution < 1.29 is 9.53 Å². The van der Waals surface area contributed by atoms with Gasteiger partial charge in [0, 0.05) is 12.2 Å². The Morgan fingerprint density at radius 1 is 1.27 bits per heavy atom. The Morgan fingerprint density at radius 3 is 2.77 bits per heavy atom. The van der Waals surface area contributed by atoms with Crippen LogP contribution in [-0.4, -0.2) is 24.2 Å². The van der Waals surface area contributed by atoms with Crippen molar-refractivity contribution in [2.24, 2.45) is 0 Å². The number of amides is 1. The van der Waals surface area contributed by atoms with Gasteiger partial charge in [0.1, 0.15) is 5.82 Å². The Kier molecular flexibility index (Phi) is 3.96. The average Bonchev–Trinajstić information content (AvgIpc) is 2.55. The van der Waals surface area contributed by atoms with Gasteiger partial charge in [0.05, 0.1) is 18.8 Å². The number of methoxy groups -OCH3 is 1. The number of hydrogen-bond acceptors (Lipinski definition) is 4. The lowest BCUT2D eigenvalue weighted by atomic mass is 9.92. The molecular weight excluding hydrogens is 278 g/mol. The lowest BCUT2D eigenvalue weighted by Gasteiger charge is -2.38. The van der Waals surface area contributed by atoms with Gasteiger partial charge < -0.3 is 10.1 Å². The minimum Gasteiger partial charge on any atom is -0.452 e. The molecule has 3 rings (SSSR count). The van der Waals surface area contributed by atoms with Crippen LogP contribution >= 0.6 is 0 Å². The van der Waals surface area contributed by atoms with E-state index < -0.39 is 0 Å².